The Labute approximate surface area is 119 Å². The molecule has 0 bridgehead atoms. The normalized spacial score (nSPS) is 39.3. The second-order valence-electron chi connectivity index (χ2n) is 6.74. The maximum atomic E-state index is 6.55. The Balaban J connectivity index is 2.15. The van der Waals surface area contributed by atoms with Gasteiger partial charge in [-0.3, -0.25) is 0 Å². The lowest BCUT2D eigenvalue weighted by molar-refractivity contribution is -0.362. The fraction of sp³-hybridized carbons (Fsp3) is 1.00. The van der Waals surface area contributed by atoms with Crippen molar-refractivity contribution in [2.45, 2.75) is 97.1 Å². The van der Waals surface area contributed by atoms with Crippen molar-refractivity contribution in [1.29, 1.82) is 0 Å². The van der Waals surface area contributed by atoms with Crippen molar-refractivity contribution in [3.63, 3.8) is 0 Å². The third kappa shape index (κ3) is 3.16. The molecular formula is C17H32O2. The van der Waals surface area contributed by atoms with Crippen LogP contribution >= 0.6 is 0 Å². The molecule has 2 aliphatic rings. The molecule has 1 aliphatic heterocycles. The molecular weight excluding hydrogens is 236 g/mol. The molecule has 4 unspecified atom stereocenters. The number of rotatable bonds is 5. The molecule has 4 atom stereocenters. The highest BCUT2D eigenvalue weighted by Gasteiger charge is 2.49. The van der Waals surface area contributed by atoms with Crippen LogP contribution in [0.1, 0.15) is 79.1 Å². The molecule has 0 aromatic carbocycles. The van der Waals surface area contributed by atoms with Crippen molar-refractivity contribution in [2.24, 2.45) is 11.8 Å². The first kappa shape index (κ1) is 15.3. The summed E-state index contributed by atoms with van der Waals surface area (Å²) >= 11 is 0. The molecule has 2 fully saturated rings. The van der Waals surface area contributed by atoms with Crippen LogP contribution in [0.3, 0.4) is 0 Å². The van der Waals surface area contributed by atoms with Crippen molar-refractivity contribution in [3.05, 3.63) is 0 Å². The fourth-order valence-corrected chi connectivity index (χ4v) is 3.81. The minimum absolute atomic E-state index is 0.310. The summed E-state index contributed by atoms with van der Waals surface area (Å²) in [6, 6.07) is 0. The predicted octanol–water partition coefficient (Wildman–Crippen LogP) is 4.91. The number of unbranched alkanes of at least 4 members (excludes halogenated alkanes) is 1. The maximum Gasteiger partial charge on any atom is 0.171 e. The van der Waals surface area contributed by atoms with Gasteiger partial charge in [-0.05, 0) is 25.7 Å². The van der Waals surface area contributed by atoms with Crippen LogP contribution in [0.4, 0.5) is 0 Å². The van der Waals surface area contributed by atoms with E-state index in [0.29, 0.717) is 24.0 Å². The van der Waals surface area contributed by atoms with Gasteiger partial charge >= 0.3 is 0 Å². The van der Waals surface area contributed by atoms with E-state index < -0.39 is 0 Å². The minimum atomic E-state index is -0.310. The summed E-state index contributed by atoms with van der Waals surface area (Å²) in [5.74, 6) is 0.776. The molecule has 19 heavy (non-hydrogen) atoms. The topological polar surface area (TPSA) is 18.5 Å². The molecule has 1 aliphatic carbocycles. The van der Waals surface area contributed by atoms with E-state index in [4.69, 9.17) is 9.47 Å². The third-order valence-electron chi connectivity index (χ3n) is 5.09. The van der Waals surface area contributed by atoms with Crippen LogP contribution in [0.2, 0.25) is 0 Å². The molecule has 1 heterocycles. The molecule has 0 N–H and O–H groups in total. The first-order chi connectivity index (χ1) is 9.13. The minimum Gasteiger partial charge on any atom is -0.346 e. The van der Waals surface area contributed by atoms with Crippen LogP contribution in [0.5, 0.6) is 0 Å². The van der Waals surface area contributed by atoms with Crippen molar-refractivity contribution in [2.75, 3.05) is 0 Å². The van der Waals surface area contributed by atoms with Gasteiger partial charge in [0.05, 0.1) is 12.2 Å². The van der Waals surface area contributed by atoms with Gasteiger partial charge < -0.3 is 9.47 Å². The third-order valence-corrected chi connectivity index (χ3v) is 5.09. The van der Waals surface area contributed by atoms with Gasteiger partial charge in [0, 0.05) is 18.3 Å². The van der Waals surface area contributed by atoms with Crippen LogP contribution in [0.25, 0.3) is 0 Å². The van der Waals surface area contributed by atoms with Crippen molar-refractivity contribution in [3.8, 4) is 0 Å². The molecule has 0 amide bonds. The summed E-state index contributed by atoms with van der Waals surface area (Å²) in [6.45, 7) is 9.03. The van der Waals surface area contributed by atoms with E-state index in [9.17, 15) is 0 Å². The molecule has 2 nitrogen and oxygen atoms in total. The molecule has 0 aromatic rings. The summed E-state index contributed by atoms with van der Waals surface area (Å²) in [5.41, 5.74) is 0. The average Bonchev–Trinajstić information content (AvgIpc) is 2.43. The van der Waals surface area contributed by atoms with E-state index in [2.05, 4.69) is 27.7 Å². The molecule has 1 saturated heterocycles. The Bertz CT molecular complexity index is 266. The Morgan fingerprint density at radius 3 is 2.47 bits per heavy atom. The molecule has 0 aromatic heterocycles. The van der Waals surface area contributed by atoms with Gasteiger partial charge in [0.2, 0.25) is 0 Å². The molecule has 2 rings (SSSR count). The van der Waals surface area contributed by atoms with E-state index >= 15 is 0 Å². The van der Waals surface area contributed by atoms with E-state index in [0.717, 1.165) is 12.8 Å². The van der Waals surface area contributed by atoms with Gasteiger partial charge in [-0.25, -0.2) is 0 Å². The fourth-order valence-electron chi connectivity index (χ4n) is 3.81. The van der Waals surface area contributed by atoms with E-state index in [1.165, 1.54) is 38.5 Å². The van der Waals surface area contributed by atoms with Crippen molar-refractivity contribution >= 4 is 0 Å². The van der Waals surface area contributed by atoms with E-state index in [1.54, 1.807) is 0 Å². The van der Waals surface area contributed by atoms with Crippen molar-refractivity contribution < 1.29 is 9.47 Å². The van der Waals surface area contributed by atoms with Crippen LogP contribution in [0.15, 0.2) is 0 Å². The second kappa shape index (κ2) is 6.58. The van der Waals surface area contributed by atoms with Crippen LogP contribution in [-0.4, -0.2) is 18.0 Å². The average molecular weight is 268 g/mol. The Morgan fingerprint density at radius 2 is 1.84 bits per heavy atom. The van der Waals surface area contributed by atoms with E-state index in [-0.39, 0.29) is 5.79 Å². The van der Waals surface area contributed by atoms with Crippen molar-refractivity contribution in [1.82, 2.24) is 0 Å². The number of ether oxygens (including phenoxy) is 2. The summed E-state index contributed by atoms with van der Waals surface area (Å²) in [5, 5.41) is 0. The van der Waals surface area contributed by atoms with Gasteiger partial charge in [-0.1, -0.05) is 47.0 Å². The number of hydrogen-bond donors (Lipinski definition) is 0. The molecule has 2 heteroatoms. The zero-order valence-electron chi connectivity index (χ0n) is 13.3. The monoisotopic (exact) mass is 268 g/mol. The number of fused-ring (bicyclic) bond motifs is 1. The highest BCUT2D eigenvalue weighted by molar-refractivity contribution is 4.91. The first-order valence-corrected chi connectivity index (χ1v) is 8.48. The smallest absolute Gasteiger partial charge is 0.171 e. The van der Waals surface area contributed by atoms with E-state index in [1.807, 2.05) is 0 Å². The first-order valence-electron chi connectivity index (χ1n) is 8.48. The van der Waals surface area contributed by atoms with Gasteiger partial charge in [-0.2, -0.15) is 0 Å². The highest BCUT2D eigenvalue weighted by atomic mass is 16.7. The summed E-state index contributed by atoms with van der Waals surface area (Å²) in [7, 11) is 0. The molecule has 1 saturated carbocycles. The Kier molecular flexibility index (Phi) is 5.30. The molecule has 0 radical (unpaired) electrons. The van der Waals surface area contributed by atoms with Gasteiger partial charge in [-0.15, -0.1) is 0 Å². The second-order valence-corrected chi connectivity index (χ2v) is 6.74. The van der Waals surface area contributed by atoms with Gasteiger partial charge in [0.15, 0.2) is 5.79 Å². The Morgan fingerprint density at radius 1 is 1.11 bits per heavy atom. The lowest BCUT2D eigenvalue weighted by Crippen LogP contribution is -2.57. The summed E-state index contributed by atoms with van der Waals surface area (Å²) < 4.78 is 13.1. The lowest BCUT2D eigenvalue weighted by Gasteiger charge is -2.52. The van der Waals surface area contributed by atoms with Crippen LogP contribution in [0, 0.1) is 11.8 Å². The van der Waals surface area contributed by atoms with Crippen LogP contribution in [-0.2, 0) is 9.47 Å². The zero-order chi connectivity index (χ0) is 13.9. The predicted molar refractivity (Wildman–Crippen MR) is 79.1 cm³/mol. The highest BCUT2D eigenvalue weighted by Crippen LogP contribution is 2.45. The molecule has 112 valence electrons. The number of hydrogen-bond acceptors (Lipinski definition) is 2. The van der Waals surface area contributed by atoms with Gasteiger partial charge in [0.25, 0.3) is 0 Å². The summed E-state index contributed by atoms with van der Waals surface area (Å²) in [6.07, 6.45) is 10.7. The quantitative estimate of drug-likeness (QED) is 0.705. The zero-order valence-corrected chi connectivity index (χ0v) is 13.3. The maximum absolute atomic E-state index is 6.55. The lowest BCUT2D eigenvalue weighted by atomic mass is 9.79. The molecule has 0 spiro atoms. The SMILES string of the molecule is CCCCC1(C(C)C)OC(CC)C2CCCCC2O1. The van der Waals surface area contributed by atoms with Gasteiger partial charge in [0.1, 0.15) is 0 Å². The standard InChI is InChI=1S/C17H32O2/c1-5-7-12-17(13(3)4)18-15(6-2)14-10-8-9-11-16(14)19-17/h13-16H,5-12H2,1-4H3. The summed E-state index contributed by atoms with van der Waals surface area (Å²) in [4.78, 5) is 0. The Hall–Kier alpha value is -0.0800. The largest absolute Gasteiger partial charge is 0.346 e. The van der Waals surface area contributed by atoms with Crippen LogP contribution < -0.4 is 0 Å².